The molecule has 0 aromatic heterocycles. The maximum atomic E-state index is 13.4. The van der Waals surface area contributed by atoms with Gasteiger partial charge in [-0.2, -0.15) is 0 Å². The third kappa shape index (κ3) is 7.20. The molecule has 0 spiro atoms. The predicted molar refractivity (Wildman–Crippen MR) is 151 cm³/mol. The van der Waals surface area contributed by atoms with Crippen molar-refractivity contribution in [2.45, 2.75) is 63.0 Å². The van der Waals surface area contributed by atoms with Crippen molar-refractivity contribution in [2.75, 3.05) is 19.7 Å². The molecule has 2 heterocycles. The van der Waals surface area contributed by atoms with Crippen LogP contribution in [0.3, 0.4) is 0 Å². The summed E-state index contributed by atoms with van der Waals surface area (Å²) < 4.78 is 27.1. The van der Waals surface area contributed by atoms with Crippen LogP contribution < -0.4 is 4.72 Å². The fraction of sp³-hybridized carbons (Fsp3) is 0.500. The van der Waals surface area contributed by atoms with Crippen molar-refractivity contribution in [1.29, 1.82) is 0 Å². The van der Waals surface area contributed by atoms with E-state index in [0.29, 0.717) is 55.1 Å². The van der Waals surface area contributed by atoms with Gasteiger partial charge in [-0.3, -0.25) is 4.79 Å². The van der Waals surface area contributed by atoms with Crippen molar-refractivity contribution in [3.8, 4) is 5.75 Å². The Morgan fingerprint density at radius 2 is 1.77 bits per heavy atom. The lowest BCUT2D eigenvalue weighted by Crippen LogP contribution is -2.50. The van der Waals surface area contributed by atoms with Gasteiger partial charge in [-0.1, -0.05) is 41.4 Å². The molecule has 4 rings (SSSR count). The number of nitrogens with one attached hydrogen (secondary N) is 1. The van der Waals surface area contributed by atoms with Gasteiger partial charge in [0.15, 0.2) is 6.10 Å². The van der Waals surface area contributed by atoms with Crippen molar-refractivity contribution in [3.05, 3.63) is 63.6 Å². The largest absolute Gasteiger partial charge is 0.598 e. The van der Waals surface area contributed by atoms with Gasteiger partial charge >= 0.3 is 5.97 Å². The van der Waals surface area contributed by atoms with Crippen LogP contribution in [0.5, 0.6) is 5.75 Å². The monoisotopic (exact) mass is 596 g/mol. The van der Waals surface area contributed by atoms with Gasteiger partial charge < -0.3 is 24.0 Å². The molecule has 2 saturated heterocycles. The predicted octanol–water partition coefficient (Wildman–Crippen LogP) is 5.05. The first-order valence-corrected chi connectivity index (χ1v) is 14.9. The molecule has 2 fully saturated rings. The SMILES string of the molecule is CC(C)(C)[S@+]([O-])N[C@@H](c1cc(Cl)c(Cl)cc1O)C1CCN(C(=O)C2OCCC2OC(=O)c2ccccc2)CC1. The summed E-state index contributed by atoms with van der Waals surface area (Å²) in [4.78, 5) is 27.7. The van der Waals surface area contributed by atoms with Crippen molar-refractivity contribution in [1.82, 2.24) is 9.62 Å². The molecule has 2 aliphatic rings. The number of likely N-dealkylation sites (tertiary alicyclic amines) is 1. The average Bonchev–Trinajstić information content (AvgIpc) is 3.37. The molecule has 8 nitrogen and oxygen atoms in total. The molecule has 2 N–H and O–H groups in total. The Kier molecular flexibility index (Phi) is 9.73. The van der Waals surface area contributed by atoms with Crippen LogP contribution in [-0.2, 0) is 25.6 Å². The van der Waals surface area contributed by atoms with E-state index in [4.69, 9.17) is 32.7 Å². The van der Waals surface area contributed by atoms with Crippen molar-refractivity contribution < 1.29 is 28.7 Å². The maximum absolute atomic E-state index is 13.4. The van der Waals surface area contributed by atoms with E-state index in [1.165, 1.54) is 6.07 Å². The fourth-order valence-corrected chi connectivity index (χ4v) is 6.07. The maximum Gasteiger partial charge on any atom is 0.338 e. The summed E-state index contributed by atoms with van der Waals surface area (Å²) in [5.41, 5.74) is 0.937. The Bertz CT molecular complexity index is 1170. The smallest absolute Gasteiger partial charge is 0.338 e. The van der Waals surface area contributed by atoms with Crippen LogP contribution in [0.25, 0.3) is 0 Å². The van der Waals surface area contributed by atoms with Gasteiger partial charge in [0.1, 0.15) is 16.6 Å². The summed E-state index contributed by atoms with van der Waals surface area (Å²) in [5.74, 6) is -0.768. The zero-order chi connectivity index (χ0) is 28.3. The summed E-state index contributed by atoms with van der Waals surface area (Å²) in [6.07, 6.45) is 0.125. The van der Waals surface area contributed by atoms with Gasteiger partial charge in [0, 0.05) is 42.5 Å². The molecular formula is C28H34Cl2N2O6S. The van der Waals surface area contributed by atoms with Crippen molar-refractivity contribution >= 4 is 46.4 Å². The highest BCUT2D eigenvalue weighted by Gasteiger charge is 2.42. The van der Waals surface area contributed by atoms with E-state index in [1.54, 1.807) is 35.2 Å². The number of carbonyl (C=O) groups is 2. The van der Waals surface area contributed by atoms with E-state index >= 15 is 0 Å². The number of benzene rings is 2. The number of ether oxygens (including phenoxy) is 2. The van der Waals surface area contributed by atoms with Gasteiger partial charge in [0.25, 0.3) is 5.91 Å². The first kappa shape index (κ1) is 30.0. The third-order valence-electron chi connectivity index (χ3n) is 7.07. The number of amides is 1. The van der Waals surface area contributed by atoms with Gasteiger partial charge in [-0.05, 0) is 57.7 Å². The standard InChI is InChI=1S/C28H34Cl2N2O6S/c1-28(2,3)39(36)31-24(19-15-20(29)21(30)16-22(19)33)17-9-12-32(13-10-17)26(34)25-23(11-14-37-25)38-27(35)18-7-5-4-6-8-18/h4-8,15-17,23-25,31,33H,9-14H2,1-3H3/t23?,24-,25?,39+/m1/s1. The molecule has 0 aliphatic carbocycles. The lowest BCUT2D eigenvalue weighted by atomic mass is 9.85. The Labute approximate surface area is 242 Å². The number of nitrogens with zero attached hydrogens (tertiary/aromatic N) is 1. The topological polar surface area (TPSA) is 111 Å². The number of phenols is 1. The molecular weight excluding hydrogens is 563 g/mol. The number of piperidine rings is 1. The second-order valence-electron chi connectivity index (χ2n) is 10.9. The first-order valence-electron chi connectivity index (χ1n) is 13.0. The van der Waals surface area contributed by atoms with Gasteiger partial charge in [0.05, 0.1) is 28.3 Å². The van der Waals surface area contributed by atoms with Crippen LogP contribution in [0.2, 0.25) is 10.0 Å². The Morgan fingerprint density at radius 1 is 1.13 bits per heavy atom. The Hall–Kier alpha value is -2.01. The second kappa shape index (κ2) is 12.7. The van der Waals surface area contributed by atoms with Crippen LogP contribution in [0.1, 0.15) is 62.0 Å². The molecule has 2 aliphatic heterocycles. The summed E-state index contributed by atoms with van der Waals surface area (Å²) in [6, 6.07) is 11.2. The molecule has 0 saturated carbocycles. The highest BCUT2D eigenvalue weighted by molar-refractivity contribution is 7.90. The quantitative estimate of drug-likeness (QED) is 0.340. The van der Waals surface area contributed by atoms with Gasteiger partial charge in [-0.25, -0.2) is 4.79 Å². The normalized spacial score (nSPS) is 21.9. The highest BCUT2D eigenvalue weighted by Crippen LogP contribution is 2.40. The zero-order valence-electron chi connectivity index (χ0n) is 22.2. The van der Waals surface area contributed by atoms with Gasteiger partial charge in [-0.15, -0.1) is 4.72 Å². The van der Waals surface area contributed by atoms with E-state index in [1.807, 2.05) is 26.8 Å². The minimum atomic E-state index is -1.42. The van der Waals surface area contributed by atoms with Crippen LogP contribution in [-0.4, -0.2) is 63.1 Å². The average molecular weight is 598 g/mol. The van der Waals surface area contributed by atoms with Crippen LogP contribution >= 0.6 is 23.2 Å². The summed E-state index contributed by atoms with van der Waals surface area (Å²) in [6.45, 7) is 6.81. The van der Waals surface area contributed by atoms with E-state index in [-0.39, 0.29) is 22.6 Å². The van der Waals surface area contributed by atoms with Crippen molar-refractivity contribution in [2.24, 2.45) is 5.92 Å². The molecule has 212 valence electrons. The van der Waals surface area contributed by atoms with Crippen molar-refractivity contribution in [3.63, 3.8) is 0 Å². The Balaban J connectivity index is 1.44. The molecule has 2 aromatic rings. The number of phenolic OH excluding ortho intramolecular Hbond substituents is 1. The first-order chi connectivity index (χ1) is 18.5. The van der Waals surface area contributed by atoms with Gasteiger partial charge in [0.2, 0.25) is 0 Å². The number of esters is 1. The highest BCUT2D eigenvalue weighted by atomic mass is 35.5. The summed E-state index contributed by atoms with van der Waals surface area (Å²) in [7, 11) is 0. The van der Waals surface area contributed by atoms with E-state index < -0.39 is 40.3 Å². The molecule has 2 aromatic carbocycles. The lowest BCUT2D eigenvalue weighted by molar-refractivity contribution is -0.146. The van der Waals surface area contributed by atoms with E-state index in [0.717, 1.165) is 0 Å². The molecule has 4 atom stereocenters. The number of hydrogen-bond donors (Lipinski definition) is 2. The number of carbonyl (C=O) groups excluding carboxylic acids is 2. The minimum Gasteiger partial charge on any atom is -0.598 e. The number of hydrogen-bond acceptors (Lipinski definition) is 7. The van der Waals surface area contributed by atoms with Crippen LogP contribution in [0.4, 0.5) is 0 Å². The molecule has 2 unspecified atom stereocenters. The van der Waals surface area contributed by atoms with E-state index in [2.05, 4.69) is 4.72 Å². The number of halogens is 2. The molecule has 11 heteroatoms. The lowest BCUT2D eigenvalue weighted by Gasteiger charge is -2.38. The third-order valence-corrected chi connectivity index (χ3v) is 9.37. The number of rotatable bonds is 7. The molecule has 1 amide bonds. The van der Waals surface area contributed by atoms with Crippen LogP contribution in [0.15, 0.2) is 42.5 Å². The number of aromatic hydroxyl groups is 1. The fourth-order valence-electron chi connectivity index (χ4n) is 4.84. The zero-order valence-corrected chi connectivity index (χ0v) is 24.5. The van der Waals surface area contributed by atoms with Crippen LogP contribution in [0, 0.1) is 5.92 Å². The molecule has 0 bridgehead atoms. The minimum absolute atomic E-state index is 0.0336. The summed E-state index contributed by atoms with van der Waals surface area (Å²) >= 11 is 10.9. The second-order valence-corrected chi connectivity index (χ2v) is 13.7. The Morgan fingerprint density at radius 3 is 2.41 bits per heavy atom. The molecule has 0 radical (unpaired) electrons. The van der Waals surface area contributed by atoms with E-state index in [9.17, 15) is 19.2 Å². The summed E-state index contributed by atoms with van der Waals surface area (Å²) in [5, 5.41) is 11.2. The molecule has 39 heavy (non-hydrogen) atoms.